The second kappa shape index (κ2) is 4.45. The third kappa shape index (κ3) is 1.71. The van der Waals surface area contributed by atoms with Crippen LogP contribution in [-0.2, 0) is 4.79 Å². The van der Waals surface area contributed by atoms with Crippen LogP contribution in [0.15, 0.2) is 11.8 Å². The molecule has 2 rings (SSSR count). The SMILES string of the molecule is C/C=C1\CN2C(C(=O)O)CCCC2N1CC. The number of hydrogen-bond acceptors (Lipinski definition) is 3. The van der Waals surface area contributed by atoms with E-state index in [1.165, 1.54) is 5.70 Å². The fraction of sp³-hybridized carbons (Fsp3) is 0.750. The standard InChI is InChI=1S/C12H20N2O2/c1-3-9-8-14-10(12(15)16)6-5-7-11(14)13(9)4-2/h3,10-11H,4-8H2,1-2H3,(H,15,16)/b9-3+. The minimum atomic E-state index is -0.668. The van der Waals surface area contributed by atoms with Gasteiger partial charge in [0.25, 0.3) is 0 Å². The first-order valence-corrected chi connectivity index (χ1v) is 6.09. The molecule has 0 aromatic heterocycles. The number of carbonyl (C=O) groups is 1. The summed E-state index contributed by atoms with van der Waals surface area (Å²) < 4.78 is 0. The number of piperidine rings is 1. The number of carboxylic acid groups (broad SMARTS) is 1. The molecule has 1 N–H and O–H groups in total. The van der Waals surface area contributed by atoms with Crippen molar-refractivity contribution < 1.29 is 9.90 Å². The van der Waals surface area contributed by atoms with Crippen LogP contribution < -0.4 is 0 Å². The number of rotatable bonds is 2. The third-order valence-corrected chi connectivity index (χ3v) is 3.76. The highest BCUT2D eigenvalue weighted by atomic mass is 16.4. The molecule has 2 unspecified atom stereocenters. The summed E-state index contributed by atoms with van der Waals surface area (Å²) in [6, 6.07) is -0.287. The van der Waals surface area contributed by atoms with Gasteiger partial charge in [0, 0.05) is 18.8 Å². The summed E-state index contributed by atoms with van der Waals surface area (Å²) in [7, 11) is 0. The van der Waals surface area contributed by atoms with Crippen LogP contribution in [0.4, 0.5) is 0 Å². The highest BCUT2D eigenvalue weighted by molar-refractivity contribution is 5.73. The number of nitrogens with zero attached hydrogens (tertiary/aromatic N) is 2. The minimum Gasteiger partial charge on any atom is -0.480 e. The van der Waals surface area contributed by atoms with E-state index in [4.69, 9.17) is 0 Å². The van der Waals surface area contributed by atoms with Gasteiger partial charge in [-0.1, -0.05) is 6.08 Å². The highest BCUT2D eigenvalue weighted by Crippen LogP contribution is 2.33. The molecule has 0 bridgehead atoms. The molecule has 4 nitrogen and oxygen atoms in total. The molecular formula is C12H20N2O2. The van der Waals surface area contributed by atoms with Gasteiger partial charge in [0.05, 0.1) is 6.17 Å². The first-order valence-electron chi connectivity index (χ1n) is 6.09. The maximum Gasteiger partial charge on any atom is 0.320 e. The van der Waals surface area contributed by atoms with Crippen LogP contribution in [0, 0.1) is 0 Å². The zero-order valence-corrected chi connectivity index (χ0v) is 10.0. The van der Waals surface area contributed by atoms with Crippen LogP contribution in [0.25, 0.3) is 0 Å². The summed E-state index contributed by atoms with van der Waals surface area (Å²) in [5, 5.41) is 9.22. The lowest BCUT2D eigenvalue weighted by molar-refractivity contribution is -0.146. The normalized spacial score (nSPS) is 33.1. The van der Waals surface area contributed by atoms with Gasteiger partial charge in [-0.3, -0.25) is 9.69 Å². The van der Waals surface area contributed by atoms with E-state index in [9.17, 15) is 9.90 Å². The number of hydrogen-bond donors (Lipinski definition) is 1. The van der Waals surface area contributed by atoms with Gasteiger partial charge in [0.2, 0.25) is 0 Å². The number of likely N-dealkylation sites (N-methyl/N-ethyl adjacent to an activating group) is 1. The second-order valence-corrected chi connectivity index (χ2v) is 4.50. The van der Waals surface area contributed by atoms with E-state index in [1.54, 1.807) is 0 Å². The first-order chi connectivity index (χ1) is 7.69. The maximum absolute atomic E-state index is 11.2. The Balaban J connectivity index is 2.23. The van der Waals surface area contributed by atoms with Crippen LogP contribution in [0.2, 0.25) is 0 Å². The molecule has 0 saturated carbocycles. The van der Waals surface area contributed by atoms with E-state index < -0.39 is 5.97 Å². The number of allylic oxidation sites excluding steroid dienone is 1. The van der Waals surface area contributed by atoms with Gasteiger partial charge in [-0.05, 0) is 33.1 Å². The van der Waals surface area contributed by atoms with Gasteiger partial charge in [0.1, 0.15) is 6.04 Å². The first kappa shape index (κ1) is 11.5. The summed E-state index contributed by atoms with van der Waals surface area (Å²) >= 11 is 0. The number of fused-ring (bicyclic) bond motifs is 1. The summed E-state index contributed by atoms with van der Waals surface area (Å²) in [5.41, 5.74) is 1.28. The lowest BCUT2D eigenvalue weighted by Crippen LogP contribution is -2.50. The molecular weight excluding hydrogens is 204 g/mol. The summed E-state index contributed by atoms with van der Waals surface area (Å²) in [6.07, 6.45) is 5.33. The van der Waals surface area contributed by atoms with Gasteiger partial charge >= 0.3 is 5.97 Å². The lowest BCUT2D eigenvalue weighted by atomic mass is 10.0. The molecule has 0 aromatic carbocycles. The van der Waals surface area contributed by atoms with Crippen molar-refractivity contribution in [1.82, 2.24) is 9.80 Å². The predicted molar refractivity (Wildman–Crippen MR) is 61.9 cm³/mol. The zero-order chi connectivity index (χ0) is 11.7. The van der Waals surface area contributed by atoms with Crippen LogP contribution in [0.3, 0.4) is 0 Å². The topological polar surface area (TPSA) is 43.8 Å². The molecule has 2 fully saturated rings. The Labute approximate surface area is 96.5 Å². The molecule has 4 heteroatoms. The number of aliphatic carboxylic acids is 1. The fourth-order valence-corrected chi connectivity index (χ4v) is 2.99. The van der Waals surface area contributed by atoms with Crippen molar-refractivity contribution in [2.24, 2.45) is 0 Å². The Kier molecular flexibility index (Phi) is 3.19. The van der Waals surface area contributed by atoms with Crippen LogP contribution in [-0.4, -0.2) is 46.2 Å². The van der Waals surface area contributed by atoms with E-state index >= 15 is 0 Å². The highest BCUT2D eigenvalue weighted by Gasteiger charge is 2.42. The Bertz CT molecular complexity index is 314. The van der Waals surface area contributed by atoms with Crippen LogP contribution >= 0.6 is 0 Å². The average Bonchev–Trinajstić information content (AvgIpc) is 2.65. The molecule has 2 aliphatic heterocycles. The Morgan fingerprint density at radius 3 is 2.88 bits per heavy atom. The molecule has 2 atom stereocenters. The quantitative estimate of drug-likeness (QED) is 0.772. The van der Waals surface area contributed by atoms with Crippen molar-refractivity contribution >= 4 is 5.97 Å². The monoisotopic (exact) mass is 224 g/mol. The van der Waals surface area contributed by atoms with Crippen molar-refractivity contribution in [2.45, 2.75) is 45.3 Å². The zero-order valence-electron chi connectivity index (χ0n) is 10.0. The van der Waals surface area contributed by atoms with E-state index in [0.717, 1.165) is 32.4 Å². The molecule has 0 spiro atoms. The van der Waals surface area contributed by atoms with Crippen LogP contribution in [0.5, 0.6) is 0 Å². The molecule has 0 radical (unpaired) electrons. The smallest absolute Gasteiger partial charge is 0.320 e. The molecule has 0 aliphatic carbocycles. The molecule has 2 aliphatic rings. The fourth-order valence-electron chi connectivity index (χ4n) is 2.99. The van der Waals surface area contributed by atoms with Gasteiger partial charge < -0.3 is 10.0 Å². The average molecular weight is 224 g/mol. The summed E-state index contributed by atoms with van der Waals surface area (Å²) in [4.78, 5) is 15.7. The van der Waals surface area contributed by atoms with E-state index in [-0.39, 0.29) is 6.04 Å². The van der Waals surface area contributed by atoms with Gasteiger partial charge in [-0.25, -0.2) is 0 Å². The summed E-state index contributed by atoms with van der Waals surface area (Å²) in [5.74, 6) is -0.668. The Hall–Kier alpha value is -1.03. The van der Waals surface area contributed by atoms with E-state index in [2.05, 4.69) is 22.8 Å². The summed E-state index contributed by atoms with van der Waals surface area (Å²) in [6.45, 7) is 5.93. The molecule has 0 aromatic rings. The van der Waals surface area contributed by atoms with Crippen molar-refractivity contribution in [3.05, 3.63) is 11.8 Å². The van der Waals surface area contributed by atoms with Crippen molar-refractivity contribution in [3.63, 3.8) is 0 Å². The molecule has 90 valence electrons. The van der Waals surface area contributed by atoms with Gasteiger partial charge in [-0.15, -0.1) is 0 Å². The third-order valence-electron chi connectivity index (χ3n) is 3.76. The molecule has 2 saturated heterocycles. The minimum absolute atomic E-state index is 0.287. The Morgan fingerprint density at radius 1 is 1.56 bits per heavy atom. The number of carboxylic acids is 1. The molecule has 16 heavy (non-hydrogen) atoms. The predicted octanol–water partition coefficient (Wildman–Crippen LogP) is 1.49. The maximum atomic E-state index is 11.2. The second-order valence-electron chi connectivity index (χ2n) is 4.50. The van der Waals surface area contributed by atoms with Gasteiger partial charge in [0.15, 0.2) is 0 Å². The van der Waals surface area contributed by atoms with E-state index in [0.29, 0.717) is 6.17 Å². The Morgan fingerprint density at radius 2 is 2.31 bits per heavy atom. The van der Waals surface area contributed by atoms with Crippen molar-refractivity contribution in [1.29, 1.82) is 0 Å². The molecule has 2 heterocycles. The van der Waals surface area contributed by atoms with Gasteiger partial charge in [-0.2, -0.15) is 0 Å². The van der Waals surface area contributed by atoms with Crippen molar-refractivity contribution in [2.75, 3.05) is 13.1 Å². The van der Waals surface area contributed by atoms with Crippen LogP contribution in [0.1, 0.15) is 33.1 Å². The molecule has 0 amide bonds. The van der Waals surface area contributed by atoms with Crippen molar-refractivity contribution in [3.8, 4) is 0 Å². The largest absolute Gasteiger partial charge is 0.480 e. The van der Waals surface area contributed by atoms with E-state index in [1.807, 2.05) is 6.92 Å². The lowest BCUT2D eigenvalue weighted by Gasteiger charge is -2.37.